The minimum atomic E-state index is -3.81. The van der Waals surface area contributed by atoms with E-state index in [0.717, 1.165) is 16.7 Å². The van der Waals surface area contributed by atoms with Crippen LogP contribution in [0.15, 0.2) is 47.4 Å². The molecule has 0 saturated heterocycles. The normalized spacial score (nSPS) is 12.2. The third kappa shape index (κ3) is 4.37. The summed E-state index contributed by atoms with van der Waals surface area (Å²) in [4.78, 5) is 8.83. The maximum absolute atomic E-state index is 12.4. The molecular weight excluding hydrogens is 378 g/mol. The number of aryl methyl sites for hydroxylation is 2. The van der Waals surface area contributed by atoms with Gasteiger partial charge in [0.05, 0.1) is 17.8 Å². The van der Waals surface area contributed by atoms with Gasteiger partial charge in [-0.1, -0.05) is 17.7 Å². The van der Waals surface area contributed by atoms with Gasteiger partial charge in [0.1, 0.15) is 10.6 Å². The molecule has 3 aromatic rings. The molecule has 8 nitrogen and oxygen atoms in total. The quantitative estimate of drug-likeness (QED) is 0.429. The third-order valence-electron chi connectivity index (χ3n) is 3.99. The Morgan fingerprint density at radius 3 is 2.54 bits per heavy atom. The van der Waals surface area contributed by atoms with Crippen LogP contribution in [0.25, 0.3) is 10.9 Å². The van der Waals surface area contributed by atoms with E-state index in [1.54, 1.807) is 12.1 Å². The van der Waals surface area contributed by atoms with E-state index in [1.807, 2.05) is 39.0 Å². The van der Waals surface area contributed by atoms with E-state index in [2.05, 4.69) is 19.7 Å². The van der Waals surface area contributed by atoms with Crippen molar-refractivity contribution >= 4 is 32.8 Å². The van der Waals surface area contributed by atoms with Gasteiger partial charge in [-0.25, -0.2) is 10.3 Å². The highest BCUT2D eigenvalue weighted by Crippen LogP contribution is 2.22. The fourth-order valence-electron chi connectivity index (χ4n) is 2.64. The molecule has 0 bridgehead atoms. The number of rotatable bonds is 5. The van der Waals surface area contributed by atoms with Crippen LogP contribution < -0.4 is 20.2 Å². The fraction of sp³-hybridized carbons (Fsp3) is 0.211. The zero-order valence-electron chi connectivity index (χ0n) is 15.9. The molecule has 28 heavy (non-hydrogen) atoms. The second kappa shape index (κ2) is 7.81. The number of aromatic nitrogens is 2. The van der Waals surface area contributed by atoms with Crippen LogP contribution in [-0.2, 0) is 10.0 Å². The minimum absolute atomic E-state index is 0.113. The van der Waals surface area contributed by atoms with Gasteiger partial charge in [-0.2, -0.15) is 17.8 Å². The SMILES string of the molecule is CCOc1ccc2nc(NC(N)=[NH+]S(=O)(=O)c3ccc(C)cc3)nc(C)c2c1. The van der Waals surface area contributed by atoms with Crippen molar-refractivity contribution in [2.45, 2.75) is 25.7 Å². The number of benzene rings is 2. The molecule has 0 saturated carbocycles. The Kier molecular flexibility index (Phi) is 5.46. The van der Waals surface area contributed by atoms with E-state index in [9.17, 15) is 8.42 Å². The summed E-state index contributed by atoms with van der Waals surface area (Å²) in [6.45, 7) is 6.19. The third-order valence-corrected chi connectivity index (χ3v) is 5.37. The van der Waals surface area contributed by atoms with Crippen molar-refractivity contribution in [3.63, 3.8) is 0 Å². The number of sulfonamides is 1. The number of nitrogens with zero attached hydrogens (tertiary/aromatic N) is 2. The van der Waals surface area contributed by atoms with Crippen LogP contribution in [0.3, 0.4) is 0 Å². The molecule has 3 rings (SSSR count). The lowest BCUT2D eigenvalue weighted by molar-refractivity contribution is -0.268. The summed E-state index contributed by atoms with van der Waals surface area (Å²) in [5.74, 6) is 0.739. The Hall–Kier alpha value is -3.20. The standard InChI is InChI=1S/C19H21N5O3S/c1-4-27-14-7-10-17-16(11-14)13(3)21-19(22-17)23-18(20)24-28(25,26)15-8-5-12(2)6-9-15/h5-11H,4H2,1-3H3,(H3,20,21,22,23,24)/p+1. The number of guanidine groups is 1. The van der Waals surface area contributed by atoms with Gasteiger partial charge in [0.25, 0.3) is 5.95 Å². The molecule has 146 valence electrons. The van der Waals surface area contributed by atoms with Gasteiger partial charge in [-0.05, 0) is 51.1 Å². The van der Waals surface area contributed by atoms with Crippen molar-refractivity contribution in [2.24, 2.45) is 5.73 Å². The zero-order valence-corrected chi connectivity index (χ0v) is 16.7. The van der Waals surface area contributed by atoms with E-state index in [0.29, 0.717) is 17.8 Å². The topological polar surface area (TPSA) is 121 Å². The number of anilines is 1. The van der Waals surface area contributed by atoms with Crippen LogP contribution in [0.5, 0.6) is 5.75 Å². The Bertz CT molecular complexity index is 1140. The average molecular weight is 400 g/mol. The summed E-state index contributed by atoms with van der Waals surface area (Å²) >= 11 is 0. The molecule has 0 atom stereocenters. The molecular formula is C19H22N5O3S+. The van der Waals surface area contributed by atoms with Crippen molar-refractivity contribution in [1.29, 1.82) is 0 Å². The summed E-state index contributed by atoms with van der Waals surface area (Å²) in [5.41, 5.74) is 8.19. The number of nitrogens with two attached hydrogens (primary N) is 1. The molecule has 1 heterocycles. The van der Waals surface area contributed by atoms with E-state index in [4.69, 9.17) is 10.5 Å². The number of hydrogen-bond acceptors (Lipinski definition) is 5. The summed E-state index contributed by atoms with van der Waals surface area (Å²) in [6.07, 6.45) is 0. The Morgan fingerprint density at radius 1 is 1.14 bits per heavy atom. The number of fused-ring (bicyclic) bond motifs is 1. The van der Waals surface area contributed by atoms with E-state index >= 15 is 0 Å². The first-order valence-corrected chi connectivity index (χ1v) is 10.2. The second-order valence-corrected chi connectivity index (χ2v) is 7.88. The summed E-state index contributed by atoms with van der Waals surface area (Å²) in [6, 6.07) is 11.9. The molecule has 0 aliphatic carbocycles. The van der Waals surface area contributed by atoms with Crippen molar-refractivity contribution in [3.8, 4) is 5.75 Å². The average Bonchev–Trinajstić information content (AvgIpc) is 2.62. The molecule has 0 unspecified atom stereocenters. The molecule has 4 N–H and O–H groups in total. The van der Waals surface area contributed by atoms with Gasteiger partial charge in [0, 0.05) is 5.39 Å². The molecule has 9 heteroatoms. The van der Waals surface area contributed by atoms with Crippen molar-refractivity contribution in [2.75, 3.05) is 11.9 Å². The molecule has 1 aromatic heterocycles. The van der Waals surface area contributed by atoms with Crippen LogP contribution in [0.4, 0.5) is 5.95 Å². The highest BCUT2D eigenvalue weighted by Gasteiger charge is 2.17. The molecule has 0 fully saturated rings. The van der Waals surface area contributed by atoms with Crippen LogP contribution in [-0.4, -0.2) is 31.0 Å². The highest BCUT2D eigenvalue weighted by atomic mass is 32.2. The lowest BCUT2D eigenvalue weighted by Gasteiger charge is -2.07. The van der Waals surface area contributed by atoms with Crippen molar-refractivity contribution in [1.82, 2.24) is 9.97 Å². The van der Waals surface area contributed by atoms with Crippen molar-refractivity contribution in [3.05, 3.63) is 53.7 Å². The minimum Gasteiger partial charge on any atom is -0.494 e. The van der Waals surface area contributed by atoms with E-state index in [1.165, 1.54) is 12.1 Å². The molecule has 0 aliphatic heterocycles. The predicted molar refractivity (Wildman–Crippen MR) is 108 cm³/mol. The van der Waals surface area contributed by atoms with Gasteiger partial charge < -0.3 is 4.74 Å². The number of ether oxygens (including phenoxy) is 1. The number of nitrogens with one attached hydrogen (secondary N) is 2. The Labute approximate surface area is 163 Å². The van der Waals surface area contributed by atoms with Crippen LogP contribution in [0.2, 0.25) is 0 Å². The summed E-state index contributed by atoms with van der Waals surface area (Å²) in [7, 11) is -3.81. The van der Waals surface area contributed by atoms with Crippen LogP contribution in [0.1, 0.15) is 18.2 Å². The van der Waals surface area contributed by atoms with Gasteiger partial charge in [-0.3, -0.25) is 5.73 Å². The molecule has 0 spiro atoms. The Balaban J connectivity index is 1.88. The maximum Gasteiger partial charge on any atom is 0.363 e. The summed E-state index contributed by atoms with van der Waals surface area (Å²) in [5, 5.41) is 3.55. The Morgan fingerprint density at radius 2 is 1.86 bits per heavy atom. The first kappa shape index (κ1) is 19.6. The van der Waals surface area contributed by atoms with Gasteiger partial charge >= 0.3 is 16.0 Å². The van der Waals surface area contributed by atoms with Crippen LogP contribution in [0, 0.1) is 13.8 Å². The fourth-order valence-corrected chi connectivity index (χ4v) is 3.59. The van der Waals surface area contributed by atoms with Crippen molar-refractivity contribution < 1.29 is 17.6 Å². The van der Waals surface area contributed by atoms with Gasteiger partial charge in [0.2, 0.25) is 0 Å². The molecule has 0 radical (unpaired) electrons. The van der Waals surface area contributed by atoms with E-state index < -0.39 is 10.0 Å². The first-order valence-electron chi connectivity index (χ1n) is 8.68. The summed E-state index contributed by atoms with van der Waals surface area (Å²) < 4.78 is 32.6. The molecule has 0 aliphatic rings. The molecule has 2 aromatic carbocycles. The van der Waals surface area contributed by atoms with Gasteiger partial charge in [-0.15, -0.1) is 0 Å². The highest BCUT2D eigenvalue weighted by molar-refractivity contribution is 7.84. The predicted octanol–water partition coefficient (Wildman–Crippen LogP) is 0.841. The lowest BCUT2D eigenvalue weighted by atomic mass is 10.2. The lowest BCUT2D eigenvalue weighted by Crippen LogP contribution is -2.80. The maximum atomic E-state index is 12.4. The zero-order chi connectivity index (χ0) is 20.3. The monoisotopic (exact) mass is 400 g/mol. The first-order chi connectivity index (χ1) is 13.3. The largest absolute Gasteiger partial charge is 0.494 e. The van der Waals surface area contributed by atoms with Crippen LogP contribution >= 0.6 is 0 Å². The van der Waals surface area contributed by atoms with E-state index in [-0.39, 0.29) is 16.8 Å². The smallest absolute Gasteiger partial charge is 0.363 e. The second-order valence-electron chi connectivity index (χ2n) is 6.20. The number of hydrogen-bond donors (Lipinski definition) is 3. The molecule has 0 amide bonds. The van der Waals surface area contributed by atoms with Gasteiger partial charge in [0.15, 0.2) is 0 Å².